The second-order valence-corrected chi connectivity index (χ2v) is 16.8. The Morgan fingerprint density at radius 2 is 1.08 bits per heavy atom. The zero-order valence-corrected chi connectivity index (χ0v) is 36.8. The van der Waals surface area contributed by atoms with E-state index in [0.717, 1.165) is 126 Å². The Balaban J connectivity index is 0.891. The van der Waals surface area contributed by atoms with Gasteiger partial charge < -0.3 is 24.2 Å². The van der Waals surface area contributed by atoms with Crippen molar-refractivity contribution in [3.63, 3.8) is 0 Å². The summed E-state index contributed by atoms with van der Waals surface area (Å²) in [7, 11) is 0. The van der Waals surface area contributed by atoms with Crippen LogP contribution in [0.3, 0.4) is 0 Å². The average Bonchev–Trinajstić information content (AvgIpc) is 4.19. The molecule has 63 heavy (non-hydrogen) atoms. The number of likely N-dealkylation sites (tertiary alicyclic amines) is 2. The van der Waals surface area contributed by atoms with Crippen LogP contribution in [0.1, 0.15) is 100 Å². The number of amides is 2. The van der Waals surface area contributed by atoms with Crippen LogP contribution in [0.2, 0.25) is 0 Å². The fourth-order valence-corrected chi connectivity index (χ4v) is 9.88. The quantitative estimate of drug-likeness (QED) is 0.106. The summed E-state index contributed by atoms with van der Waals surface area (Å²) in [5.74, 6) is 2.69. The van der Waals surface area contributed by atoms with Crippen LogP contribution in [-0.4, -0.2) is 90.6 Å². The molecule has 0 aliphatic carbocycles. The molecular weight excluding hydrogens is 785 g/mol. The van der Waals surface area contributed by atoms with Gasteiger partial charge in [0.15, 0.2) is 0 Å². The Bertz CT molecular complexity index is 2630. The maximum Gasteiger partial charge on any atom is 0.245 e. The van der Waals surface area contributed by atoms with Crippen LogP contribution in [0.4, 0.5) is 0 Å². The summed E-state index contributed by atoms with van der Waals surface area (Å²) in [5.41, 5.74) is 7.67. The number of rotatable bonds is 15. The summed E-state index contributed by atoms with van der Waals surface area (Å²) >= 11 is 0. The lowest BCUT2D eigenvalue weighted by molar-refractivity contribution is -0.139. The van der Waals surface area contributed by atoms with Crippen molar-refractivity contribution in [2.45, 2.75) is 77.5 Å². The van der Waals surface area contributed by atoms with E-state index in [9.17, 15) is 9.59 Å². The Hall–Kier alpha value is -6.30. The largest absolute Gasteiger partial charge is 0.456 e. The zero-order valence-electron chi connectivity index (χ0n) is 36.8. The average molecular weight is 843 g/mol. The molecule has 9 rings (SSSR count). The van der Waals surface area contributed by atoms with Gasteiger partial charge in [-0.05, 0) is 92.8 Å². The lowest BCUT2D eigenvalue weighted by Crippen LogP contribution is -2.43. The molecule has 0 radical (unpaired) electrons. The van der Waals surface area contributed by atoms with Crippen molar-refractivity contribution in [1.82, 2.24) is 39.5 Å². The van der Waals surface area contributed by atoms with Gasteiger partial charge in [-0.15, -0.1) is 0 Å². The first-order chi connectivity index (χ1) is 30.9. The molecular formula is C52H58N8O3. The molecule has 7 aromatic rings. The third-order valence-corrected chi connectivity index (χ3v) is 13.3. The number of hydrogen-bond donors (Lipinski definition) is 2. The molecule has 2 unspecified atom stereocenters. The summed E-state index contributed by atoms with van der Waals surface area (Å²) in [6, 6.07) is 36.0. The monoisotopic (exact) mass is 842 g/mol. The molecule has 2 saturated heterocycles. The van der Waals surface area contributed by atoms with Crippen molar-refractivity contribution in [3.05, 3.63) is 144 Å². The van der Waals surface area contributed by atoms with Gasteiger partial charge in [0.05, 0.1) is 35.9 Å². The minimum absolute atomic E-state index is 0.0991. The number of H-pyrrole nitrogens is 2. The second kappa shape index (κ2) is 18.6. The molecule has 0 spiro atoms. The number of carbonyl (C=O) groups is 2. The number of furan rings is 1. The van der Waals surface area contributed by atoms with Gasteiger partial charge >= 0.3 is 0 Å². The van der Waals surface area contributed by atoms with Crippen molar-refractivity contribution < 1.29 is 14.0 Å². The summed E-state index contributed by atoms with van der Waals surface area (Å²) in [5, 5.41) is 0.995. The normalized spacial score (nSPS) is 17.6. The Morgan fingerprint density at radius 1 is 0.619 bits per heavy atom. The topological polar surface area (TPSA) is 118 Å². The van der Waals surface area contributed by atoms with Gasteiger partial charge in [0.25, 0.3) is 0 Å². The van der Waals surface area contributed by atoms with Crippen molar-refractivity contribution in [3.8, 4) is 33.8 Å². The predicted octanol–water partition coefficient (Wildman–Crippen LogP) is 10.4. The van der Waals surface area contributed by atoms with Crippen molar-refractivity contribution in [2.24, 2.45) is 0 Å². The van der Waals surface area contributed by atoms with E-state index in [4.69, 9.17) is 14.4 Å². The first-order valence-electron chi connectivity index (χ1n) is 22.8. The van der Waals surface area contributed by atoms with Gasteiger partial charge in [0.1, 0.15) is 35.1 Å². The minimum atomic E-state index is -0.327. The van der Waals surface area contributed by atoms with Gasteiger partial charge in [0, 0.05) is 29.6 Å². The molecule has 2 aliphatic rings. The molecule has 2 aliphatic heterocycles. The number of benzene rings is 4. The number of carbonyl (C=O) groups excluding carboxylic acids is 2. The fraction of sp³-hybridized carbons (Fsp3) is 0.346. The Morgan fingerprint density at radius 3 is 1.57 bits per heavy atom. The molecule has 0 bridgehead atoms. The summed E-state index contributed by atoms with van der Waals surface area (Å²) in [6.45, 7) is 13.1. The molecule has 4 atom stereocenters. The Labute approximate surface area is 370 Å². The van der Waals surface area contributed by atoms with E-state index in [-0.39, 0.29) is 36.0 Å². The van der Waals surface area contributed by atoms with Crippen LogP contribution in [-0.2, 0) is 9.59 Å². The number of aromatic amines is 2. The molecule has 2 N–H and O–H groups in total. The zero-order chi connectivity index (χ0) is 43.5. The van der Waals surface area contributed by atoms with Gasteiger partial charge in [-0.3, -0.25) is 19.4 Å². The highest BCUT2D eigenvalue weighted by molar-refractivity contribution is 5.87. The van der Waals surface area contributed by atoms with Crippen molar-refractivity contribution >= 4 is 22.8 Å². The predicted molar refractivity (Wildman–Crippen MR) is 248 cm³/mol. The lowest BCUT2D eigenvalue weighted by Gasteiger charge is -2.34. The highest BCUT2D eigenvalue weighted by Crippen LogP contribution is 2.38. The summed E-state index contributed by atoms with van der Waals surface area (Å²) in [4.78, 5) is 54.0. The number of nitrogens with one attached hydrogen (secondary N) is 2. The number of nitrogens with zero attached hydrogens (tertiary/aromatic N) is 6. The first kappa shape index (κ1) is 42.0. The molecule has 324 valence electrons. The van der Waals surface area contributed by atoms with E-state index in [0.29, 0.717) is 6.54 Å². The van der Waals surface area contributed by atoms with Crippen LogP contribution < -0.4 is 0 Å². The third-order valence-electron chi connectivity index (χ3n) is 13.3. The highest BCUT2D eigenvalue weighted by atomic mass is 16.3. The number of fused-ring (bicyclic) bond motifs is 1. The minimum Gasteiger partial charge on any atom is -0.456 e. The highest BCUT2D eigenvalue weighted by Gasteiger charge is 2.39. The van der Waals surface area contributed by atoms with Gasteiger partial charge in [-0.1, -0.05) is 113 Å². The maximum atomic E-state index is 14.3. The lowest BCUT2D eigenvalue weighted by atomic mass is 10.0. The number of likely N-dealkylation sites (N-methyl/N-ethyl adjacent to an activating group) is 2. The van der Waals surface area contributed by atoms with Crippen LogP contribution >= 0.6 is 0 Å². The van der Waals surface area contributed by atoms with E-state index < -0.39 is 0 Å². The summed E-state index contributed by atoms with van der Waals surface area (Å²) in [6.07, 6.45) is 7.39. The SMILES string of the molecule is CCN(CC)C(C(=O)N1CCC[C@H]1c1ncc(-c2ccc(-c3cc4cc(-c5cnc([C@@H]6CCCN6C(=O)C(c6ccccc6)N(CC)CC)[nH]5)ccc4o3)cc2)[nH]1)c1ccccc1. The van der Waals surface area contributed by atoms with Gasteiger partial charge in [0.2, 0.25) is 11.8 Å². The number of imidazole rings is 2. The smallest absolute Gasteiger partial charge is 0.245 e. The Kier molecular flexibility index (Phi) is 12.4. The first-order valence-corrected chi connectivity index (χ1v) is 22.8. The molecule has 3 aromatic heterocycles. The molecule has 5 heterocycles. The molecule has 2 fully saturated rings. The molecule has 11 nitrogen and oxygen atoms in total. The number of hydrogen-bond acceptors (Lipinski definition) is 7. The molecule has 0 saturated carbocycles. The second-order valence-electron chi connectivity index (χ2n) is 16.8. The maximum absolute atomic E-state index is 14.3. The van der Waals surface area contributed by atoms with E-state index in [1.807, 2.05) is 64.7 Å². The van der Waals surface area contributed by atoms with E-state index >= 15 is 0 Å². The van der Waals surface area contributed by atoms with Crippen molar-refractivity contribution in [1.29, 1.82) is 0 Å². The third kappa shape index (κ3) is 8.35. The number of aromatic nitrogens is 4. The summed E-state index contributed by atoms with van der Waals surface area (Å²) < 4.78 is 6.37. The van der Waals surface area contributed by atoms with E-state index in [1.165, 1.54) is 0 Å². The van der Waals surface area contributed by atoms with Gasteiger partial charge in [-0.2, -0.15) is 0 Å². The standard InChI is InChI=1S/C52H58N8O3/c1-5-57(6-2)47(37-17-11-9-12-18-37)51(61)59-29-15-21-43(59)49-53-33-41(55-49)35-23-25-36(26-24-35)46-32-40-31-39(27-28-45(40)63-46)42-34-54-50(56-42)44-22-16-30-60(44)52(62)48(58(7-3)8-4)38-19-13-10-14-20-38/h9-14,17-20,23-28,31-34,43-44,47-48H,5-8,15-16,21-22,29-30H2,1-4H3,(H,53,55)(H,54,56)/t43-,44-,47?,48?/m0/s1. The fourth-order valence-electron chi connectivity index (χ4n) is 9.88. The van der Waals surface area contributed by atoms with Gasteiger partial charge in [-0.25, -0.2) is 9.97 Å². The van der Waals surface area contributed by atoms with E-state index in [2.05, 4.69) is 114 Å². The van der Waals surface area contributed by atoms with Crippen LogP contribution in [0.5, 0.6) is 0 Å². The van der Waals surface area contributed by atoms with Crippen LogP contribution in [0.15, 0.2) is 126 Å². The molecule has 11 heteroatoms. The molecule has 4 aromatic carbocycles. The van der Waals surface area contributed by atoms with Crippen molar-refractivity contribution in [2.75, 3.05) is 39.3 Å². The van der Waals surface area contributed by atoms with Crippen LogP contribution in [0, 0.1) is 0 Å². The molecule has 2 amide bonds. The van der Waals surface area contributed by atoms with Crippen LogP contribution in [0.25, 0.3) is 44.8 Å². The van der Waals surface area contributed by atoms with E-state index in [1.54, 1.807) is 0 Å².